The third-order valence-corrected chi connectivity index (χ3v) is 7.88. The molecule has 0 saturated heterocycles. The minimum absolute atomic E-state index is 0.926. The highest BCUT2D eigenvalue weighted by Crippen LogP contribution is 2.47. The second-order valence-electron chi connectivity index (χ2n) is 10.2. The molecule has 7 aromatic carbocycles. The molecule has 38 heavy (non-hydrogen) atoms. The minimum atomic E-state index is 0.926. The second-order valence-corrected chi connectivity index (χ2v) is 10.2. The molecule has 1 heterocycles. The monoisotopic (exact) mass is 484 g/mol. The van der Waals surface area contributed by atoms with E-state index in [9.17, 15) is 0 Å². The molecule has 1 aromatic heterocycles. The summed E-state index contributed by atoms with van der Waals surface area (Å²) in [5.41, 5.74) is 8.03. The van der Waals surface area contributed by atoms with Crippen LogP contribution in [0.2, 0.25) is 0 Å². The third-order valence-electron chi connectivity index (χ3n) is 7.88. The molecular weight excluding hydrogens is 460 g/mol. The molecule has 0 aliphatic heterocycles. The van der Waals surface area contributed by atoms with E-state index in [4.69, 9.17) is 4.42 Å². The van der Waals surface area contributed by atoms with Crippen LogP contribution in [-0.2, 0) is 0 Å². The van der Waals surface area contributed by atoms with E-state index in [0.717, 1.165) is 22.1 Å². The average Bonchev–Trinajstić information content (AvgIpc) is 3.34. The number of hydrogen-bond donors (Lipinski definition) is 0. The van der Waals surface area contributed by atoms with Crippen LogP contribution >= 0.6 is 0 Å². The number of para-hydroxylation sites is 1. The molecule has 0 bridgehead atoms. The molecule has 178 valence electrons. The molecule has 1 nitrogen and oxygen atoms in total. The summed E-state index contributed by atoms with van der Waals surface area (Å²) < 4.78 is 6.56. The predicted molar refractivity (Wildman–Crippen MR) is 162 cm³/mol. The Morgan fingerprint density at radius 3 is 1.63 bits per heavy atom. The maximum atomic E-state index is 6.56. The molecular formula is C37H24O. The SMILES string of the molecule is Cc1cc(-c2c3ccccc3c(-c3cccc4ccccc34)c3ccccc23)c2oc3ccccc3c2c1. The van der Waals surface area contributed by atoms with Gasteiger partial charge in [0, 0.05) is 21.9 Å². The lowest BCUT2D eigenvalue weighted by molar-refractivity contribution is 0.670. The van der Waals surface area contributed by atoms with Gasteiger partial charge < -0.3 is 4.42 Å². The smallest absolute Gasteiger partial charge is 0.143 e. The summed E-state index contributed by atoms with van der Waals surface area (Å²) in [5.74, 6) is 0. The summed E-state index contributed by atoms with van der Waals surface area (Å²) in [5, 5.41) is 9.84. The van der Waals surface area contributed by atoms with E-state index in [2.05, 4.69) is 128 Å². The predicted octanol–water partition coefficient (Wildman–Crippen LogP) is 10.7. The number of rotatable bonds is 2. The molecule has 0 spiro atoms. The Hall–Kier alpha value is -4.88. The third kappa shape index (κ3) is 2.99. The fourth-order valence-corrected chi connectivity index (χ4v) is 6.31. The van der Waals surface area contributed by atoms with Crippen molar-refractivity contribution in [3.8, 4) is 22.3 Å². The Balaban J connectivity index is 1.58. The molecule has 0 saturated carbocycles. The fourth-order valence-electron chi connectivity index (χ4n) is 6.31. The van der Waals surface area contributed by atoms with Gasteiger partial charge in [0.2, 0.25) is 0 Å². The van der Waals surface area contributed by atoms with Gasteiger partial charge in [0.05, 0.1) is 0 Å². The van der Waals surface area contributed by atoms with Crippen LogP contribution < -0.4 is 0 Å². The van der Waals surface area contributed by atoms with Gasteiger partial charge in [0.1, 0.15) is 11.2 Å². The minimum Gasteiger partial charge on any atom is -0.455 e. The van der Waals surface area contributed by atoms with Crippen molar-refractivity contribution in [1.82, 2.24) is 0 Å². The van der Waals surface area contributed by atoms with Crippen molar-refractivity contribution in [2.75, 3.05) is 0 Å². The van der Waals surface area contributed by atoms with Crippen LogP contribution in [0.3, 0.4) is 0 Å². The highest BCUT2D eigenvalue weighted by atomic mass is 16.3. The summed E-state index contributed by atoms with van der Waals surface area (Å²) >= 11 is 0. The zero-order valence-electron chi connectivity index (χ0n) is 21.0. The van der Waals surface area contributed by atoms with Crippen LogP contribution in [0.1, 0.15) is 5.56 Å². The normalized spacial score (nSPS) is 11.8. The molecule has 0 aliphatic carbocycles. The van der Waals surface area contributed by atoms with E-state index >= 15 is 0 Å². The van der Waals surface area contributed by atoms with Gasteiger partial charge in [-0.25, -0.2) is 0 Å². The number of aryl methyl sites for hydroxylation is 1. The van der Waals surface area contributed by atoms with Gasteiger partial charge in [0.25, 0.3) is 0 Å². The first-order valence-electron chi connectivity index (χ1n) is 13.1. The van der Waals surface area contributed by atoms with Crippen molar-refractivity contribution in [3.05, 3.63) is 133 Å². The van der Waals surface area contributed by atoms with E-state index in [1.165, 1.54) is 60.0 Å². The first-order chi connectivity index (χ1) is 18.8. The lowest BCUT2D eigenvalue weighted by Crippen LogP contribution is -1.92. The Morgan fingerprint density at radius 1 is 0.421 bits per heavy atom. The maximum Gasteiger partial charge on any atom is 0.143 e. The molecule has 8 aromatic rings. The molecule has 0 amide bonds. The zero-order chi connectivity index (χ0) is 25.2. The van der Waals surface area contributed by atoms with Crippen molar-refractivity contribution in [1.29, 1.82) is 0 Å². The van der Waals surface area contributed by atoms with Gasteiger partial charge in [-0.05, 0) is 74.1 Å². The van der Waals surface area contributed by atoms with Gasteiger partial charge in [0.15, 0.2) is 0 Å². The van der Waals surface area contributed by atoms with Crippen LogP contribution in [-0.4, -0.2) is 0 Å². The molecule has 0 atom stereocenters. The van der Waals surface area contributed by atoms with Gasteiger partial charge in [-0.2, -0.15) is 0 Å². The summed E-state index contributed by atoms with van der Waals surface area (Å²) in [4.78, 5) is 0. The topological polar surface area (TPSA) is 13.1 Å². The zero-order valence-corrected chi connectivity index (χ0v) is 21.0. The number of fused-ring (bicyclic) bond motifs is 6. The molecule has 0 fully saturated rings. The van der Waals surface area contributed by atoms with E-state index in [-0.39, 0.29) is 0 Å². The Labute approximate surface area is 220 Å². The molecule has 0 aliphatic rings. The number of hydrogen-bond acceptors (Lipinski definition) is 1. The van der Waals surface area contributed by atoms with Crippen molar-refractivity contribution in [3.63, 3.8) is 0 Å². The van der Waals surface area contributed by atoms with E-state index in [0.29, 0.717) is 0 Å². The number of benzene rings is 7. The van der Waals surface area contributed by atoms with E-state index in [1.807, 2.05) is 6.07 Å². The van der Waals surface area contributed by atoms with Gasteiger partial charge in [-0.15, -0.1) is 0 Å². The Kier molecular flexibility index (Phi) is 4.50. The largest absolute Gasteiger partial charge is 0.455 e. The summed E-state index contributed by atoms with van der Waals surface area (Å²) in [7, 11) is 0. The summed E-state index contributed by atoms with van der Waals surface area (Å²) in [6.07, 6.45) is 0. The van der Waals surface area contributed by atoms with Crippen LogP contribution in [0.5, 0.6) is 0 Å². The summed E-state index contributed by atoms with van der Waals surface area (Å²) in [6, 6.07) is 45.9. The fraction of sp³-hybridized carbons (Fsp3) is 0.0270. The standard InChI is InChI=1S/C37H24O/c1-23-21-32-26-14-8-9-20-34(26)38-37(32)33(22-23)36-30-17-6-4-15-28(30)35(29-16-5-7-18-31(29)36)27-19-10-12-24-11-2-3-13-25(24)27/h2-22H,1H3. The van der Waals surface area contributed by atoms with Gasteiger partial charge in [-0.3, -0.25) is 0 Å². The van der Waals surface area contributed by atoms with Crippen LogP contribution in [0.15, 0.2) is 132 Å². The first kappa shape index (κ1) is 21.2. The molecule has 0 radical (unpaired) electrons. The van der Waals surface area contributed by atoms with Crippen LogP contribution in [0.25, 0.3) is 76.5 Å². The molecule has 1 heteroatoms. The quantitative estimate of drug-likeness (QED) is 0.222. The highest BCUT2D eigenvalue weighted by molar-refractivity contribution is 6.25. The second kappa shape index (κ2) is 8.06. The lowest BCUT2D eigenvalue weighted by Gasteiger charge is -2.19. The Morgan fingerprint density at radius 2 is 0.947 bits per heavy atom. The van der Waals surface area contributed by atoms with E-state index < -0.39 is 0 Å². The Bertz CT molecular complexity index is 2130. The van der Waals surface area contributed by atoms with Gasteiger partial charge >= 0.3 is 0 Å². The molecule has 8 rings (SSSR count). The van der Waals surface area contributed by atoms with Crippen molar-refractivity contribution in [2.45, 2.75) is 6.92 Å². The van der Waals surface area contributed by atoms with Crippen molar-refractivity contribution >= 4 is 54.3 Å². The summed E-state index contributed by atoms with van der Waals surface area (Å²) in [6.45, 7) is 2.18. The molecule has 0 unspecified atom stereocenters. The van der Waals surface area contributed by atoms with Crippen molar-refractivity contribution in [2.24, 2.45) is 0 Å². The maximum absolute atomic E-state index is 6.56. The van der Waals surface area contributed by atoms with Gasteiger partial charge in [-0.1, -0.05) is 109 Å². The van der Waals surface area contributed by atoms with Crippen molar-refractivity contribution < 1.29 is 4.42 Å². The number of furan rings is 1. The van der Waals surface area contributed by atoms with E-state index in [1.54, 1.807) is 0 Å². The van der Waals surface area contributed by atoms with Crippen LogP contribution in [0.4, 0.5) is 0 Å². The lowest BCUT2D eigenvalue weighted by atomic mass is 9.84. The average molecular weight is 485 g/mol. The molecule has 0 N–H and O–H groups in total. The first-order valence-corrected chi connectivity index (χ1v) is 13.1. The van der Waals surface area contributed by atoms with Crippen LogP contribution in [0, 0.1) is 6.92 Å². The highest BCUT2D eigenvalue weighted by Gasteiger charge is 2.21.